The number of fused-ring (bicyclic) bond motifs is 1. The van der Waals surface area contributed by atoms with Crippen molar-refractivity contribution >= 4 is 0 Å². The maximum absolute atomic E-state index is 5.80. The Morgan fingerprint density at radius 3 is 3.00 bits per heavy atom. The molecule has 1 aliphatic carbocycles. The van der Waals surface area contributed by atoms with Crippen molar-refractivity contribution in [1.29, 1.82) is 0 Å². The summed E-state index contributed by atoms with van der Waals surface area (Å²) in [7, 11) is 1.66. The van der Waals surface area contributed by atoms with Gasteiger partial charge < -0.3 is 19.2 Å². The first kappa shape index (κ1) is 16.7. The molecule has 0 aliphatic heterocycles. The molecule has 0 bridgehead atoms. The van der Waals surface area contributed by atoms with Crippen LogP contribution in [0.1, 0.15) is 42.7 Å². The molecule has 0 saturated carbocycles. The molecule has 4 heteroatoms. The van der Waals surface area contributed by atoms with Crippen LogP contribution < -0.4 is 14.8 Å². The van der Waals surface area contributed by atoms with Gasteiger partial charge in [0.05, 0.1) is 13.4 Å². The maximum atomic E-state index is 5.80. The van der Waals surface area contributed by atoms with Crippen LogP contribution in [0.3, 0.4) is 0 Å². The minimum absolute atomic E-state index is 0.356. The Morgan fingerprint density at radius 2 is 2.21 bits per heavy atom. The zero-order valence-corrected chi connectivity index (χ0v) is 14.4. The maximum Gasteiger partial charge on any atom is 0.161 e. The molecule has 1 N–H and O–H groups in total. The Kier molecular flexibility index (Phi) is 5.26. The smallest absolute Gasteiger partial charge is 0.161 e. The van der Waals surface area contributed by atoms with Gasteiger partial charge in [0.15, 0.2) is 11.5 Å². The molecule has 4 nitrogen and oxygen atoms in total. The Hall–Kier alpha value is -2.20. The van der Waals surface area contributed by atoms with Crippen molar-refractivity contribution in [2.45, 2.75) is 38.8 Å². The van der Waals surface area contributed by atoms with E-state index < -0.39 is 0 Å². The average Bonchev–Trinajstić information content (AvgIpc) is 3.07. The summed E-state index contributed by atoms with van der Waals surface area (Å²) in [5, 5.41) is 3.64. The van der Waals surface area contributed by atoms with E-state index >= 15 is 0 Å². The van der Waals surface area contributed by atoms with Gasteiger partial charge in [0.2, 0.25) is 0 Å². The van der Waals surface area contributed by atoms with E-state index in [9.17, 15) is 0 Å². The lowest BCUT2D eigenvalue weighted by atomic mass is 9.93. The predicted octanol–water partition coefficient (Wildman–Crippen LogP) is 4.41. The van der Waals surface area contributed by atoms with Crippen LogP contribution in [0, 0.1) is 0 Å². The van der Waals surface area contributed by atoms with Crippen LogP contribution in [-0.2, 0) is 13.0 Å². The number of nitrogens with one attached hydrogen (secondary N) is 1. The van der Waals surface area contributed by atoms with Gasteiger partial charge in [-0.2, -0.15) is 0 Å². The van der Waals surface area contributed by atoms with Gasteiger partial charge in [-0.1, -0.05) is 12.6 Å². The lowest BCUT2D eigenvalue weighted by Crippen LogP contribution is -2.24. The standard InChI is InChI=1S/C20H25NO3/c1-14(2)13-24-20-11-15(7-8-19(20)22-3)12-21-17-5-4-6-18-16(17)9-10-23-18/h7-11,17,21H,1,4-6,12-13H2,2-3H3. The molecule has 1 atom stereocenters. The van der Waals surface area contributed by atoms with Crippen molar-refractivity contribution in [2.75, 3.05) is 13.7 Å². The minimum Gasteiger partial charge on any atom is -0.493 e. The van der Waals surface area contributed by atoms with Crippen LogP contribution in [0.25, 0.3) is 0 Å². The highest BCUT2D eigenvalue weighted by Crippen LogP contribution is 2.32. The fourth-order valence-corrected chi connectivity index (χ4v) is 3.08. The molecule has 0 radical (unpaired) electrons. The second-order valence-corrected chi connectivity index (χ2v) is 6.36. The summed E-state index contributed by atoms with van der Waals surface area (Å²) in [6, 6.07) is 8.50. The second kappa shape index (κ2) is 7.58. The van der Waals surface area contributed by atoms with Crippen molar-refractivity contribution in [1.82, 2.24) is 5.32 Å². The number of methoxy groups -OCH3 is 1. The van der Waals surface area contributed by atoms with Gasteiger partial charge in [0.1, 0.15) is 12.4 Å². The van der Waals surface area contributed by atoms with Crippen LogP contribution in [0.15, 0.2) is 47.1 Å². The minimum atomic E-state index is 0.356. The van der Waals surface area contributed by atoms with E-state index in [0.29, 0.717) is 12.6 Å². The number of ether oxygens (including phenoxy) is 2. The van der Waals surface area contributed by atoms with Crippen LogP contribution in [0.2, 0.25) is 0 Å². The van der Waals surface area contributed by atoms with Crippen molar-refractivity contribution < 1.29 is 13.9 Å². The highest BCUT2D eigenvalue weighted by molar-refractivity contribution is 5.43. The van der Waals surface area contributed by atoms with Crippen molar-refractivity contribution in [3.8, 4) is 11.5 Å². The number of rotatable bonds is 7. The van der Waals surface area contributed by atoms with E-state index in [1.807, 2.05) is 19.1 Å². The Bertz CT molecular complexity index is 705. The van der Waals surface area contributed by atoms with Crippen LogP contribution in [0.4, 0.5) is 0 Å². The van der Waals surface area contributed by atoms with Gasteiger partial charge in [-0.3, -0.25) is 0 Å². The molecule has 24 heavy (non-hydrogen) atoms. The summed E-state index contributed by atoms with van der Waals surface area (Å²) in [6.07, 6.45) is 5.14. The van der Waals surface area contributed by atoms with Gasteiger partial charge in [0, 0.05) is 24.6 Å². The molecule has 1 aliphatic rings. The van der Waals surface area contributed by atoms with E-state index in [-0.39, 0.29) is 0 Å². The molecule has 1 aromatic carbocycles. The molecule has 0 spiro atoms. The highest BCUT2D eigenvalue weighted by Gasteiger charge is 2.22. The van der Waals surface area contributed by atoms with Gasteiger partial charge in [-0.15, -0.1) is 0 Å². The molecule has 1 heterocycles. The topological polar surface area (TPSA) is 43.6 Å². The van der Waals surface area contributed by atoms with Gasteiger partial charge in [-0.05, 0) is 49.1 Å². The SMILES string of the molecule is C=C(C)COc1cc(CNC2CCCc3occc32)ccc1OC. The summed E-state index contributed by atoms with van der Waals surface area (Å²) < 4.78 is 16.7. The van der Waals surface area contributed by atoms with Crippen LogP contribution in [-0.4, -0.2) is 13.7 Å². The van der Waals surface area contributed by atoms with Crippen molar-refractivity contribution in [3.63, 3.8) is 0 Å². The number of hydrogen-bond acceptors (Lipinski definition) is 4. The van der Waals surface area contributed by atoms with Crippen LogP contribution in [0.5, 0.6) is 11.5 Å². The van der Waals surface area contributed by atoms with Gasteiger partial charge in [0.25, 0.3) is 0 Å². The average molecular weight is 327 g/mol. The number of furan rings is 1. The molecule has 3 rings (SSSR count). The fraction of sp³-hybridized carbons (Fsp3) is 0.400. The molecule has 0 amide bonds. The third-order valence-electron chi connectivity index (χ3n) is 4.31. The Morgan fingerprint density at radius 1 is 1.33 bits per heavy atom. The Balaban J connectivity index is 1.67. The number of aryl methyl sites for hydroxylation is 1. The Labute approximate surface area is 143 Å². The molecule has 128 valence electrons. The largest absolute Gasteiger partial charge is 0.493 e. The fourth-order valence-electron chi connectivity index (χ4n) is 3.08. The predicted molar refractivity (Wildman–Crippen MR) is 94.5 cm³/mol. The van der Waals surface area contributed by atoms with E-state index in [1.165, 1.54) is 11.1 Å². The normalized spacial score (nSPS) is 16.5. The van der Waals surface area contributed by atoms with E-state index in [2.05, 4.69) is 24.0 Å². The molecule has 0 saturated heterocycles. The molecule has 0 fully saturated rings. The third kappa shape index (κ3) is 3.82. The van der Waals surface area contributed by atoms with E-state index in [0.717, 1.165) is 48.6 Å². The first-order chi connectivity index (χ1) is 11.7. The summed E-state index contributed by atoms with van der Waals surface area (Å²) >= 11 is 0. The zero-order valence-electron chi connectivity index (χ0n) is 14.4. The highest BCUT2D eigenvalue weighted by atomic mass is 16.5. The molecular weight excluding hydrogens is 302 g/mol. The first-order valence-electron chi connectivity index (χ1n) is 8.41. The number of hydrogen-bond donors (Lipinski definition) is 1. The second-order valence-electron chi connectivity index (χ2n) is 6.36. The molecule has 1 aromatic heterocycles. The summed E-state index contributed by atoms with van der Waals surface area (Å²) in [5.74, 6) is 2.63. The van der Waals surface area contributed by atoms with Gasteiger partial charge in [-0.25, -0.2) is 0 Å². The molecule has 2 aromatic rings. The van der Waals surface area contributed by atoms with Crippen LogP contribution >= 0.6 is 0 Å². The van der Waals surface area contributed by atoms with Gasteiger partial charge >= 0.3 is 0 Å². The number of benzene rings is 1. The molecular formula is C20H25NO3. The van der Waals surface area contributed by atoms with E-state index in [4.69, 9.17) is 13.9 Å². The quantitative estimate of drug-likeness (QED) is 0.765. The summed E-state index contributed by atoms with van der Waals surface area (Å²) in [6.45, 7) is 7.10. The zero-order chi connectivity index (χ0) is 16.9. The summed E-state index contributed by atoms with van der Waals surface area (Å²) in [5.41, 5.74) is 3.45. The monoisotopic (exact) mass is 327 g/mol. The molecule has 1 unspecified atom stereocenters. The third-order valence-corrected chi connectivity index (χ3v) is 4.31. The lowest BCUT2D eigenvalue weighted by molar-refractivity contribution is 0.319. The lowest BCUT2D eigenvalue weighted by Gasteiger charge is -2.23. The first-order valence-corrected chi connectivity index (χ1v) is 8.41. The summed E-state index contributed by atoms with van der Waals surface area (Å²) in [4.78, 5) is 0. The van der Waals surface area contributed by atoms with E-state index in [1.54, 1.807) is 13.4 Å². The van der Waals surface area contributed by atoms with Crippen molar-refractivity contribution in [2.24, 2.45) is 0 Å². The van der Waals surface area contributed by atoms with Crippen molar-refractivity contribution in [3.05, 3.63) is 59.6 Å².